The van der Waals surface area contributed by atoms with Crippen LogP contribution >= 0.6 is 15.9 Å². The van der Waals surface area contributed by atoms with Crippen LogP contribution in [0.1, 0.15) is 13.7 Å². The summed E-state index contributed by atoms with van der Waals surface area (Å²) < 4.78 is 80.9. The second-order valence-corrected chi connectivity index (χ2v) is 2.72. The summed E-state index contributed by atoms with van der Waals surface area (Å²) in [6.45, 7) is -12.9. The zero-order chi connectivity index (χ0) is 18.0. The molecule has 0 bridgehead atoms. The molecule has 0 N–H and O–H groups in total. The minimum atomic E-state index is -3.25. The first-order valence-corrected chi connectivity index (χ1v) is 3.96. The molecule has 1 aromatic rings. The predicted octanol–water partition coefficient (Wildman–Crippen LogP) is 1.08. The number of hydrogen-bond donors (Lipinski definition) is 0. The van der Waals surface area contributed by atoms with E-state index < -0.39 is 44.4 Å². The van der Waals surface area contributed by atoms with Crippen LogP contribution in [0.3, 0.4) is 0 Å². The van der Waals surface area contributed by atoms with Crippen molar-refractivity contribution in [3.63, 3.8) is 0 Å². The van der Waals surface area contributed by atoms with E-state index in [0.717, 1.165) is 0 Å². The summed E-state index contributed by atoms with van der Waals surface area (Å²) in [5.74, 6) is -0.839. The highest BCUT2D eigenvalue weighted by Gasteiger charge is 2.12. The first-order valence-electron chi connectivity index (χ1n) is 8.16. The molecule has 2 rings (SSSR count). The van der Waals surface area contributed by atoms with Gasteiger partial charge in [-0.1, -0.05) is 0 Å². The van der Waals surface area contributed by atoms with Gasteiger partial charge in [0.2, 0.25) is 5.95 Å². The third kappa shape index (κ3) is 2.16. The highest BCUT2D eigenvalue weighted by Crippen LogP contribution is 2.11. The fraction of sp³-hybridized carbons (Fsp3) is 0.500. The van der Waals surface area contributed by atoms with E-state index in [2.05, 4.69) is 30.6 Å². The van der Waals surface area contributed by atoms with Gasteiger partial charge in [-0.05, 0) is 15.9 Å². The summed E-state index contributed by atoms with van der Waals surface area (Å²) in [5, 5.41) is 0. The largest absolute Gasteiger partial charge is 0.378 e. The first kappa shape index (κ1) is 2.90. The fourth-order valence-corrected chi connectivity index (χ4v) is 0.816. The van der Waals surface area contributed by atoms with Crippen LogP contribution in [-0.2, 0) is 4.74 Å². The number of ether oxygens (including phenoxy) is 1. The lowest BCUT2D eigenvalue weighted by atomic mass is 10.4. The number of nitrogens with zero attached hydrogens (tertiary/aromatic N) is 3. The zero-order valence-corrected chi connectivity index (χ0v) is 7.71. The van der Waals surface area contributed by atoms with Crippen LogP contribution in [-0.4, -0.2) is 36.1 Å². The lowest BCUT2D eigenvalue weighted by Gasteiger charge is -2.26. The number of morpholine rings is 1. The molecule has 0 aromatic carbocycles. The Morgan fingerprint density at radius 3 is 2.69 bits per heavy atom. The van der Waals surface area contributed by atoms with E-state index in [1.807, 2.05) is 0 Å². The molecular weight excluding hydrogens is 234 g/mol. The van der Waals surface area contributed by atoms with Gasteiger partial charge in [0.05, 0.1) is 31.3 Å². The Bertz CT molecular complexity index is 604. The molecular formula is C8H10BrN3O. The van der Waals surface area contributed by atoms with E-state index in [4.69, 9.17) is 13.7 Å². The van der Waals surface area contributed by atoms with Crippen molar-refractivity contribution in [2.24, 2.45) is 0 Å². The Morgan fingerprint density at radius 1 is 1.46 bits per heavy atom. The standard InChI is InChI=1S/C8H10BrN3O/c9-7-5-10-8(11-6-7)12-1-3-13-4-2-12/h5-6H,1-4H2/i1D2,2D2,3D2,4D2,5D,6D. The van der Waals surface area contributed by atoms with Crippen molar-refractivity contribution in [1.82, 2.24) is 9.97 Å². The maximum atomic E-state index is 7.82. The number of rotatable bonds is 1. The molecule has 1 aromatic heterocycles. The molecule has 2 heterocycles. The van der Waals surface area contributed by atoms with Crippen molar-refractivity contribution in [2.75, 3.05) is 31.0 Å². The second-order valence-electron chi connectivity index (χ2n) is 1.93. The Labute approximate surface area is 99.1 Å². The average molecular weight is 254 g/mol. The molecule has 70 valence electrons. The first-order chi connectivity index (χ1) is 10.1. The summed E-state index contributed by atoms with van der Waals surface area (Å²) in [6.07, 6.45) is -1.11. The highest BCUT2D eigenvalue weighted by molar-refractivity contribution is 9.10. The quantitative estimate of drug-likeness (QED) is 0.751. The predicted molar refractivity (Wildman–Crippen MR) is 52.8 cm³/mol. The maximum absolute atomic E-state index is 7.82. The van der Waals surface area contributed by atoms with Crippen molar-refractivity contribution >= 4 is 21.9 Å². The number of aromatic nitrogens is 2. The summed E-state index contributed by atoms with van der Waals surface area (Å²) >= 11 is 2.86. The molecule has 0 spiro atoms. The molecule has 1 aliphatic heterocycles. The fourth-order valence-electron chi connectivity index (χ4n) is 0.639. The van der Waals surface area contributed by atoms with Crippen LogP contribution in [0.5, 0.6) is 0 Å². The van der Waals surface area contributed by atoms with Crippen LogP contribution in [0.25, 0.3) is 0 Å². The van der Waals surface area contributed by atoms with Crippen LogP contribution in [0.15, 0.2) is 16.8 Å². The average Bonchev–Trinajstić information content (AvgIpc) is 2.32. The normalized spacial score (nSPS) is 44.2. The highest BCUT2D eigenvalue weighted by atomic mass is 79.9. The molecule has 1 aliphatic rings. The van der Waals surface area contributed by atoms with Gasteiger partial charge in [-0.3, -0.25) is 0 Å². The van der Waals surface area contributed by atoms with E-state index in [0.29, 0.717) is 0 Å². The van der Waals surface area contributed by atoms with E-state index in [1.165, 1.54) is 0 Å². The Kier molecular flexibility index (Phi) is 0.897. The number of hydrogen-bond acceptors (Lipinski definition) is 4. The van der Waals surface area contributed by atoms with Crippen molar-refractivity contribution in [3.8, 4) is 0 Å². The van der Waals surface area contributed by atoms with Gasteiger partial charge in [0.1, 0.15) is 0 Å². The molecule has 0 amide bonds. The van der Waals surface area contributed by atoms with Gasteiger partial charge in [0.25, 0.3) is 0 Å². The molecule has 0 saturated carbocycles. The van der Waals surface area contributed by atoms with E-state index in [9.17, 15) is 0 Å². The molecule has 4 nitrogen and oxygen atoms in total. The molecule has 0 aliphatic carbocycles. The summed E-state index contributed by atoms with van der Waals surface area (Å²) in [4.78, 5) is 7.07. The molecule has 1 saturated heterocycles. The molecule has 0 atom stereocenters. The Balaban J connectivity index is 2.74. The molecule has 0 unspecified atom stereocenters. The van der Waals surface area contributed by atoms with E-state index >= 15 is 0 Å². The lowest BCUT2D eigenvalue weighted by molar-refractivity contribution is 0.122. The Hall–Kier alpha value is -0.680. The SMILES string of the molecule is [2H]c1nc(N2C([2H])([2H])C([2H])([2H])OC([2H])([2H])C2([2H])[2H])nc([2H])c1Br. The van der Waals surface area contributed by atoms with Gasteiger partial charge < -0.3 is 9.64 Å². The van der Waals surface area contributed by atoms with Crippen LogP contribution in [0.4, 0.5) is 5.95 Å². The molecule has 5 heteroatoms. The van der Waals surface area contributed by atoms with Crippen LogP contribution in [0, 0.1) is 0 Å². The monoisotopic (exact) mass is 253 g/mol. The lowest BCUT2D eigenvalue weighted by Crippen LogP contribution is -2.37. The Morgan fingerprint density at radius 2 is 2.08 bits per heavy atom. The third-order valence-electron chi connectivity index (χ3n) is 1.13. The van der Waals surface area contributed by atoms with Crippen LogP contribution in [0.2, 0.25) is 0 Å². The maximum Gasteiger partial charge on any atom is 0.225 e. The molecule has 0 radical (unpaired) electrons. The summed E-state index contributed by atoms with van der Waals surface area (Å²) in [6, 6.07) is 0. The van der Waals surface area contributed by atoms with Crippen LogP contribution < -0.4 is 4.90 Å². The van der Waals surface area contributed by atoms with E-state index in [1.54, 1.807) is 0 Å². The number of halogens is 1. The topological polar surface area (TPSA) is 38.2 Å². The minimum Gasteiger partial charge on any atom is -0.378 e. The van der Waals surface area contributed by atoms with Crippen molar-refractivity contribution in [2.45, 2.75) is 0 Å². The van der Waals surface area contributed by atoms with Crippen molar-refractivity contribution in [1.29, 1.82) is 0 Å². The second kappa shape index (κ2) is 4.02. The van der Waals surface area contributed by atoms with Gasteiger partial charge in [0.15, 0.2) is 0 Å². The zero-order valence-electron chi connectivity index (χ0n) is 16.1. The van der Waals surface area contributed by atoms with Crippen molar-refractivity contribution in [3.05, 3.63) is 16.8 Å². The molecule has 13 heavy (non-hydrogen) atoms. The van der Waals surface area contributed by atoms with Gasteiger partial charge in [-0.25, -0.2) is 9.97 Å². The van der Waals surface area contributed by atoms with Gasteiger partial charge in [-0.15, -0.1) is 0 Å². The van der Waals surface area contributed by atoms with E-state index in [-0.39, 0.29) is 9.37 Å². The van der Waals surface area contributed by atoms with Crippen molar-refractivity contribution < 1.29 is 18.4 Å². The van der Waals surface area contributed by atoms with Gasteiger partial charge in [0, 0.05) is 25.3 Å². The van der Waals surface area contributed by atoms with Gasteiger partial charge in [-0.2, -0.15) is 0 Å². The molecule has 1 fully saturated rings. The third-order valence-corrected chi connectivity index (χ3v) is 1.48. The smallest absolute Gasteiger partial charge is 0.225 e. The van der Waals surface area contributed by atoms with Gasteiger partial charge >= 0.3 is 0 Å². The number of anilines is 1. The minimum absolute atomic E-state index is 0.0199. The summed E-state index contributed by atoms with van der Waals surface area (Å²) in [5.41, 5.74) is 0. The summed E-state index contributed by atoms with van der Waals surface area (Å²) in [7, 11) is 0.